The maximum Gasteiger partial charge on any atom is 0.219 e. The Morgan fingerprint density at radius 2 is 1.80 bits per heavy atom. The van der Waals surface area contributed by atoms with Crippen LogP contribution in [0.3, 0.4) is 0 Å². The largest absolute Gasteiger partial charge is 0.508 e. The van der Waals surface area contributed by atoms with Crippen LogP contribution in [0.1, 0.15) is 0 Å². The number of aromatic hydroxyl groups is 1. The van der Waals surface area contributed by atoms with E-state index in [9.17, 15) is 4.39 Å². The zero-order chi connectivity index (χ0) is 10.7. The van der Waals surface area contributed by atoms with Crippen molar-refractivity contribution in [3.05, 3.63) is 48.4 Å². The van der Waals surface area contributed by atoms with Crippen LogP contribution in [0.2, 0.25) is 0 Å². The van der Waals surface area contributed by atoms with Crippen LogP contribution in [-0.4, -0.2) is 10.1 Å². The Hall–Kier alpha value is -2.10. The summed E-state index contributed by atoms with van der Waals surface area (Å²) in [4.78, 5) is 3.74. The number of pyridine rings is 1. The molecule has 0 saturated heterocycles. The zero-order valence-electron chi connectivity index (χ0n) is 7.72. The Morgan fingerprint density at radius 3 is 2.40 bits per heavy atom. The summed E-state index contributed by atoms with van der Waals surface area (Å²) in [7, 11) is 0. The molecule has 0 amide bonds. The molecule has 0 spiro atoms. The average molecular weight is 205 g/mol. The van der Waals surface area contributed by atoms with Gasteiger partial charge in [-0.3, -0.25) is 0 Å². The van der Waals surface area contributed by atoms with Crippen LogP contribution in [0, 0.1) is 5.82 Å². The van der Waals surface area contributed by atoms with Crippen LogP contribution >= 0.6 is 0 Å². The maximum absolute atomic E-state index is 12.5. The first-order chi connectivity index (χ1) is 7.24. The minimum absolute atomic E-state index is 0.161. The predicted octanol–water partition coefficient (Wildman–Crippen LogP) is 2.72. The lowest BCUT2D eigenvalue weighted by molar-refractivity contribution is 0.451. The summed E-state index contributed by atoms with van der Waals surface area (Å²) in [6, 6.07) is 8.89. The van der Waals surface area contributed by atoms with Crippen molar-refractivity contribution in [1.29, 1.82) is 0 Å². The van der Waals surface area contributed by atoms with Gasteiger partial charge in [-0.1, -0.05) is 0 Å². The van der Waals surface area contributed by atoms with Crippen molar-refractivity contribution < 1.29 is 14.2 Å². The monoisotopic (exact) mass is 205 g/mol. The zero-order valence-corrected chi connectivity index (χ0v) is 7.72. The highest BCUT2D eigenvalue weighted by molar-refractivity contribution is 5.32. The number of halogens is 1. The molecule has 0 saturated carbocycles. The summed E-state index contributed by atoms with van der Waals surface area (Å²) in [5.41, 5.74) is 0. The van der Waals surface area contributed by atoms with E-state index in [1.54, 1.807) is 12.1 Å². The number of aromatic nitrogens is 1. The average Bonchev–Trinajstić information content (AvgIpc) is 2.25. The second-order valence-corrected chi connectivity index (χ2v) is 2.91. The molecule has 1 N–H and O–H groups in total. The van der Waals surface area contributed by atoms with Gasteiger partial charge < -0.3 is 9.84 Å². The Balaban J connectivity index is 2.15. The number of benzene rings is 1. The third kappa shape index (κ3) is 2.43. The van der Waals surface area contributed by atoms with Crippen molar-refractivity contribution >= 4 is 0 Å². The molecule has 0 aliphatic rings. The fraction of sp³-hybridized carbons (Fsp3) is 0. The van der Waals surface area contributed by atoms with Gasteiger partial charge in [0, 0.05) is 6.07 Å². The molecule has 0 radical (unpaired) electrons. The fourth-order valence-electron chi connectivity index (χ4n) is 1.06. The summed E-state index contributed by atoms with van der Waals surface area (Å²) in [5.74, 6) is 0.594. The highest BCUT2D eigenvalue weighted by Crippen LogP contribution is 2.21. The molecule has 76 valence electrons. The SMILES string of the molecule is Oc1ccc(Oc2ccc(F)cn2)cc1. The molecule has 2 aromatic rings. The van der Waals surface area contributed by atoms with E-state index in [1.807, 2.05) is 0 Å². The van der Waals surface area contributed by atoms with Crippen molar-refractivity contribution in [2.75, 3.05) is 0 Å². The van der Waals surface area contributed by atoms with Gasteiger partial charge in [0.05, 0.1) is 6.20 Å². The van der Waals surface area contributed by atoms with Crippen molar-refractivity contribution in [1.82, 2.24) is 4.98 Å². The highest BCUT2D eigenvalue weighted by Gasteiger charge is 1.98. The Kier molecular flexibility index (Phi) is 2.49. The second-order valence-electron chi connectivity index (χ2n) is 2.91. The predicted molar refractivity (Wildman–Crippen MR) is 52.4 cm³/mol. The number of ether oxygens (including phenoxy) is 1. The first-order valence-corrected chi connectivity index (χ1v) is 4.32. The van der Waals surface area contributed by atoms with Gasteiger partial charge in [-0.25, -0.2) is 9.37 Å². The molecule has 1 aromatic heterocycles. The molecule has 0 bridgehead atoms. The molecule has 0 atom stereocenters. The Morgan fingerprint density at radius 1 is 1.07 bits per heavy atom. The molecule has 0 aliphatic carbocycles. The normalized spacial score (nSPS) is 9.93. The molecule has 15 heavy (non-hydrogen) atoms. The number of hydrogen-bond donors (Lipinski definition) is 1. The van der Waals surface area contributed by atoms with Gasteiger partial charge in [0.15, 0.2) is 0 Å². The first-order valence-electron chi connectivity index (χ1n) is 4.32. The van der Waals surface area contributed by atoms with E-state index in [0.29, 0.717) is 11.6 Å². The Bertz CT molecular complexity index is 396. The van der Waals surface area contributed by atoms with E-state index in [4.69, 9.17) is 9.84 Å². The second kappa shape index (κ2) is 3.96. The van der Waals surface area contributed by atoms with E-state index in [2.05, 4.69) is 4.98 Å². The number of phenolic OH excluding ortho intramolecular Hbond substituents is 1. The quantitative estimate of drug-likeness (QED) is 0.819. The van der Waals surface area contributed by atoms with Crippen molar-refractivity contribution in [3.63, 3.8) is 0 Å². The van der Waals surface area contributed by atoms with Crippen molar-refractivity contribution in [2.24, 2.45) is 0 Å². The van der Waals surface area contributed by atoms with E-state index < -0.39 is 5.82 Å². The topological polar surface area (TPSA) is 42.4 Å². The summed E-state index contributed by atoms with van der Waals surface area (Å²) in [6.45, 7) is 0. The van der Waals surface area contributed by atoms with Crippen molar-refractivity contribution in [2.45, 2.75) is 0 Å². The van der Waals surface area contributed by atoms with Crippen molar-refractivity contribution in [3.8, 4) is 17.4 Å². The summed E-state index contributed by atoms with van der Waals surface area (Å²) >= 11 is 0. The van der Waals surface area contributed by atoms with E-state index in [0.717, 1.165) is 6.20 Å². The van der Waals surface area contributed by atoms with Gasteiger partial charge in [-0.15, -0.1) is 0 Å². The smallest absolute Gasteiger partial charge is 0.219 e. The van der Waals surface area contributed by atoms with Crippen LogP contribution in [0.4, 0.5) is 4.39 Å². The number of rotatable bonds is 2. The third-order valence-electron chi connectivity index (χ3n) is 1.76. The summed E-state index contributed by atoms with van der Waals surface area (Å²) < 4.78 is 17.8. The number of nitrogens with zero attached hydrogens (tertiary/aromatic N) is 1. The third-order valence-corrected chi connectivity index (χ3v) is 1.76. The molecule has 3 nitrogen and oxygen atoms in total. The first kappa shape index (κ1) is 9.45. The molecule has 2 rings (SSSR count). The highest BCUT2D eigenvalue weighted by atomic mass is 19.1. The molecule has 1 heterocycles. The molecule has 0 unspecified atom stereocenters. The van der Waals surface area contributed by atoms with E-state index >= 15 is 0 Å². The number of phenols is 1. The van der Waals surface area contributed by atoms with Gasteiger partial charge >= 0.3 is 0 Å². The van der Waals surface area contributed by atoms with Crippen LogP contribution in [-0.2, 0) is 0 Å². The fourth-order valence-corrected chi connectivity index (χ4v) is 1.06. The summed E-state index contributed by atoms with van der Waals surface area (Å²) in [6.07, 6.45) is 1.08. The molecule has 1 aromatic carbocycles. The Labute approximate surface area is 85.8 Å². The van der Waals surface area contributed by atoms with Crippen LogP contribution in [0.15, 0.2) is 42.6 Å². The maximum atomic E-state index is 12.5. The van der Waals surface area contributed by atoms with Crippen LogP contribution in [0.25, 0.3) is 0 Å². The molecular formula is C11H8FNO2. The summed E-state index contributed by atoms with van der Waals surface area (Å²) in [5, 5.41) is 9.04. The van der Waals surface area contributed by atoms with Gasteiger partial charge in [-0.2, -0.15) is 0 Å². The standard InChI is InChI=1S/C11H8FNO2/c12-8-1-6-11(13-7-8)15-10-4-2-9(14)3-5-10/h1-7,14H. The van der Waals surface area contributed by atoms with Crippen LogP contribution in [0.5, 0.6) is 17.4 Å². The molecule has 0 fully saturated rings. The minimum Gasteiger partial charge on any atom is -0.508 e. The lowest BCUT2D eigenvalue weighted by Gasteiger charge is -2.03. The van der Waals surface area contributed by atoms with Crippen LogP contribution < -0.4 is 4.74 Å². The molecule has 4 heteroatoms. The van der Waals surface area contributed by atoms with Gasteiger partial charge in [0.2, 0.25) is 5.88 Å². The van der Waals surface area contributed by atoms with E-state index in [-0.39, 0.29) is 5.75 Å². The van der Waals surface area contributed by atoms with Gasteiger partial charge in [-0.05, 0) is 30.3 Å². The van der Waals surface area contributed by atoms with Gasteiger partial charge in [0.25, 0.3) is 0 Å². The number of hydrogen-bond acceptors (Lipinski definition) is 3. The minimum atomic E-state index is -0.409. The lowest BCUT2D eigenvalue weighted by atomic mass is 10.3. The molecule has 0 aliphatic heterocycles. The lowest BCUT2D eigenvalue weighted by Crippen LogP contribution is -1.87. The van der Waals surface area contributed by atoms with Gasteiger partial charge in [0.1, 0.15) is 17.3 Å². The van der Waals surface area contributed by atoms with E-state index in [1.165, 1.54) is 24.3 Å². The molecular weight excluding hydrogens is 197 g/mol.